The molecule has 0 bridgehead atoms. The number of nitrogens with zero attached hydrogens (tertiary/aromatic N) is 3. The van der Waals surface area contributed by atoms with Crippen LogP contribution >= 0.6 is 0 Å². The molecule has 9 heteroatoms. The molecule has 0 aromatic heterocycles. The molecule has 17 heavy (non-hydrogen) atoms. The minimum Gasteiger partial charge on any atom is -0.356 e. The van der Waals surface area contributed by atoms with E-state index in [9.17, 15) is 8.42 Å². The van der Waals surface area contributed by atoms with Gasteiger partial charge in [0.1, 0.15) is 6.10 Å². The number of ether oxygens (including phenoxy) is 2. The number of hydrogen-bond acceptors (Lipinski definition) is 6. The van der Waals surface area contributed by atoms with Crippen molar-refractivity contribution in [1.29, 1.82) is 0 Å². The fraction of sp³-hybridized carbons (Fsp3) is 1.00. The van der Waals surface area contributed by atoms with Gasteiger partial charge in [0.05, 0.1) is 18.9 Å². The molecule has 1 aliphatic heterocycles. The molecule has 1 fully saturated rings. The summed E-state index contributed by atoms with van der Waals surface area (Å²) in [6.07, 6.45) is 0.301. The second kappa shape index (κ2) is 6.18. The average molecular weight is 265 g/mol. The number of methoxy groups -OCH3 is 1. The maximum atomic E-state index is 11.1. The maximum Gasteiger partial charge on any atom is 0.264 e. The van der Waals surface area contributed by atoms with Gasteiger partial charge in [0.25, 0.3) is 10.1 Å². The topological polar surface area (TPSA) is 111 Å². The third-order valence-electron chi connectivity index (χ3n) is 2.31. The Hall–Kier alpha value is -0.860. The third-order valence-corrected chi connectivity index (χ3v) is 2.91. The molecule has 0 spiro atoms. The standard InChI is InChI=1S/C8H15N3O5S/c1-14-8-4-3-6(16-17(2,12)13)7(15-8)5-10-11-9/h6-8H,3-5H2,1-2H3/t6-,7+,8-/m0/s1. The molecular formula is C8H15N3O5S. The summed E-state index contributed by atoms with van der Waals surface area (Å²) >= 11 is 0. The van der Waals surface area contributed by atoms with E-state index >= 15 is 0 Å². The van der Waals surface area contributed by atoms with E-state index in [2.05, 4.69) is 10.0 Å². The maximum absolute atomic E-state index is 11.1. The van der Waals surface area contributed by atoms with Crippen molar-refractivity contribution in [3.63, 3.8) is 0 Å². The lowest BCUT2D eigenvalue weighted by molar-refractivity contribution is -0.203. The van der Waals surface area contributed by atoms with Crippen LogP contribution in [0.5, 0.6) is 0 Å². The Bertz CT molecular complexity index is 392. The highest BCUT2D eigenvalue weighted by Gasteiger charge is 2.33. The summed E-state index contributed by atoms with van der Waals surface area (Å²) in [6, 6.07) is 0. The van der Waals surface area contributed by atoms with E-state index in [4.69, 9.17) is 19.2 Å². The molecule has 1 saturated heterocycles. The first-order valence-electron chi connectivity index (χ1n) is 5.03. The molecule has 98 valence electrons. The average Bonchev–Trinajstić information content (AvgIpc) is 2.26. The molecule has 1 aliphatic rings. The van der Waals surface area contributed by atoms with Gasteiger partial charge in [-0.05, 0) is 12.0 Å². The SMILES string of the molecule is CO[C@@H]1CC[C@H](OS(C)(=O)=O)[C@@H](CN=[N+]=[N-])O1. The molecule has 0 unspecified atom stereocenters. The molecule has 0 N–H and O–H groups in total. The van der Waals surface area contributed by atoms with Gasteiger partial charge in [-0.3, -0.25) is 4.18 Å². The summed E-state index contributed by atoms with van der Waals surface area (Å²) in [5, 5.41) is 3.37. The molecule has 3 atom stereocenters. The van der Waals surface area contributed by atoms with Crippen LogP contribution in [0.1, 0.15) is 12.8 Å². The van der Waals surface area contributed by atoms with Crippen LogP contribution in [0.4, 0.5) is 0 Å². The van der Waals surface area contributed by atoms with E-state index in [0.717, 1.165) is 6.26 Å². The van der Waals surface area contributed by atoms with E-state index in [0.29, 0.717) is 12.8 Å². The van der Waals surface area contributed by atoms with Crippen LogP contribution in [0.25, 0.3) is 10.4 Å². The normalized spacial score (nSPS) is 29.6. The van der Waals surface area contributed by atoms with Crippen molar-refractivity contribution in [1.82, 2.24) is 0 Å². The fourth-order valence-electron chi connectivity index (χ4n) is 1.62. The second-order valence-electron chi connectivity index (χ2n) is 3.67. The van der Waals surface area contributed by atoms with Crippen LogP contribution in [0.15, 0.2) is 5.11 Å². The molecule has 0 aliphatic carbocycles. The first-order chi connectivity index (χ1) is 7.96. The Morgan fingerprint density at radius 2 is 2.24 bits per heavy atom. The van der Waals surface area contributed by atoms with Gasteiger partial charge in [-0.2, -0.15) is 8.42 Å². The molecule has 0 radical (unpaired) electrons. The molecule has 0 aromatic carbocycles. The van der Waals surface area contributed by atoms with Gasteiger partial charge in [-0.1, -0.05) is 5.11 Å². The van der Waals surface area contributed by atoms with E-state index in [1.54, 1.807) is 0 Å². The molecule has 1 heterocycles. The van der Waals surface area contributed by atoms with Gasteiger partial charge in [0.15, 0.2) is 6.29 Å². The predicted molar refractivity (Wildman–Crippen MR) is 58.6 cm³/mol. The third kappa shape index (κ3) is 4.88. The van der Waals surface area contributed by atoms with E-state index in [1.165, 1.54) is 7.11 Å². The molecule has 0 aromatic rings. The van der Waals surface area contributed by atoms with Crippen LogP contribution in [0, 0.1) is 0 Å². The van der Waals surface area contributed by atoms with Gasteiger partial charge < -0.3 is 9.47 Å². The van der Waals surface area contributed by atoms with Crippen LogP contribution in [0.2, 0.25) is 0 Å². The summed E-state index contributed by atoms with van der Waals surface area (Å²) in [7, 11) is -2.07. The van der Waals surface area contributed by atoms with Gasteiger partial charge in [-0.15, -0.1) is 0 Å². The lowest BCUT2D eigenvalue weighted by atomic mass is 10.1. The Labute approximate surface area is 99.6 Å². The Morgan fingerprint density at radius 3 is 2.76 bits per heavy atom. The Kier molecular flexibility index (Phi) is 5.16. The van der Waals surface area contributed by atoms with Crippen molar-refractivity contribution in [2.45, 2.75) is 31.3 Å². The van der Waals surface area contributed by atoms with E-state index in [1.807, 2.05) is 0 Å². The molecule has 1 rings (SSSR count). The Balaban J connectivity index is 2.69. The van der Waals surface area contributed by atoms with Gasteiger partial charge in [0.2, 0.25) is 0 Å². The lowest BCUT2D eigenvalue weighted by Gasteiger charge is -2.34. The minimum atomic E-state index is -3.56. The smallest absolute Gasteiger partial charge is 0.264 e. The molecule has 0 saturated carbocycles. The quantitative estimate of drug-likeness (QED) is 0.316. The van der Waals surface area contributed by atoms with Crippen molar-refractivity contribution < 1.29 is 22.1 Å². The molecule has 0 amide bonds. The summed E-state index contributed by atoms with van der Waals surface area (Å²) in [6.45, 7) is 0.0105. The zero-order valence-electron chi connectivity index (χ0n) is 9.64. The summed E-state index contributed by atoms with van der Waals surface area (Å²) in [4.78, 5) is 2.61. The minimum absolute atomic E-state index is 0.0105. The Morgan fingerprint density at radius 1 is 1.53 bits per heavy atom. The number of hydrogen-bond donors (Lipinski definition) is 0. The second-order valence-corrected chi connectivity index (χ2v) is 5.27. The zero-order chi connectivity index (χ0) is 12.9. The molecule has 8 nitrogen and oxygen atoms in total. The summed E-state index contributed by atoms with van der Waals surface area (Å²) in [5.74, 6) is 0. The van der Waals surface area contributed by atoms with Gasteiger partial charge in [-0.25, -0.2) is 0 Å². The number of rotatable bonds is 5. The predicted octanol–water partition coefficient (Wildman–Crippen LogP) is 0.793. The fourth-order valence-corrected chi connectivity index (χ4v) is 2.29. The van der Waals surface area contributed by atoms with Crippen LogP contribution < -0.4 is 0 Å². The highest BCUT2D eigenvalue weighted by atomic mass is 32.2. The van der Waals surface area contributed by atoms with Crippen LogP contribution in [-0.2, 0) is 23.8 Å². The zero-order valence-corrected chi connectivity index (χ0v) is 10.5. The first kappa shape index (κ1) is 14.2. The van der Waals surface area contributed by atoms with Crippen molar-refractivity contribution in [3.05, 3.63) is 10.4 Å². The molecular weight excluding hydrogens is 250 g/mol. The number of azide groups is 1. The largest absolute Gasteiger partial charge is 0.356 e. The van der Waals surface area contributed by atoms with Gasteiger partial charge in [0, 0.05) is 18.4 Å². The van der Waals surface area contributed by atoms with Crippen molar-refractivity contribution in [3.8, 4) is 0 Å². The van der Waals surface area contributed by atoms with E-state index < -0.39 is 28.6 Å². The highest BCUT2D eigenvalue weighted by Crippen LogP contribution is 2.24. The van der Waals surface area contributed by atoms with Crippen molar-refractivity contribution in [2.24, 2.45) is 5.11 Å². The highest BCUT2D eigenvalue weighted by molar-refractivity contribution is 7.86. The van der Waals surface area contributed by atoms with Crippen molar-refractivity contribution >= 4 is 10.1 Å². The van der Waals surface area contributed by atoms with Crippen molar-refractivity contribution in [2.75, 3.05) is 19.9 Å². The summed E-state index contributed by atoms with van der Waals surface area (Å²) in [5.41, 5.74) is 8.25. The summed E-state index contributed by atoms with van der Waals surface area (Å²) < 4.78 is 37.4. The van der Waals surface area contributed by atoms with E-state index in [-0.39, 0.29) is 6.54 Å². The van der Waals surface area contributed by atoms with Gasteiger partial charge >= 0.3 is 0 Å². The van der Waals surface area contributed by atoms with Crippen LogP contribution in [0.3, 0.4) is 0 Å². The monoisotopic (exact) mass is 265 g/mol. The van der Waals surface area contributed by atoms with Crippen LogP contribution in [-0.4, -0.2) is 46.8 Å². The lowest BCUT2D eigenvalue weighted by Crippen LogP contribution is -2.43. The first-order valence-corrected chi connectivity index (χ1v) is 6.85.